The van der Waals surface area contributed by atoms with E-state index >= 15 is 0 Å². The van der Waals surface area contributed by atoms with E-state index < -0.39 is 0 Å². The molecule has 1 radical (unpaired) electrons. The molecule has 1 fully saturated rings. The Hall–Kier alpha value is -1.18. The molecule has 13 heavy (non-hydrogen) atoms. The van der Waals surface area contributed by atoms with E-state index in [2.05, 4.69) is 6.07 Å². The first-order valence-corrected chi connectivity index (χ1v) is 4.69. The average Bonchev–Trinajstić information content (AvgIpc) is 2.90. The van der Waals surface area contributed by atoms with Gasteiger partial charge in [-0.3, -0.25) is 0 Å². The van der Waals surface area contributed by atoms with Crippen LogP contribution in [0.15, 0.2) is 18.2 Å². The van der Waals surface area contributed by atoms with Crippen molar-refractivity contribution in [2.24, 2.45) is 0 Å². The van der Waals surface area contributed by atoms with Gasteiger partial charge in [0.2, 0.25) is 0 Å². The zero-order valence-electron chi connectivity index (χ0n) is 7.75. The number of benzene rings is 1. The molecular weight excluding hydrogens is 164 g/mol. The highest BCUT2D eigenvalue weighted by Gasteiger charge is 2.23. The molecule has 0 spiro atoms. The minimum absolute atomic E-state index is 0.424. The van der Waals surface area contributed by atoms with Crippen molar-refractivity contribution in [3.63, 3.8) is 0 Å². The predicted octanol–water partition coefficient (Wildman–Crippen LogP) is 2.43. The van der Waals surface area contributed by atoms with Gasteiger partial charge >= 0.3 is 0 Å². The van der Waals surface area contributed by atoms with Crippen LogP contribution in [0.25, 0.3) is 0 Å². The zero-order valence-corrected chi connectivity index (χ0v) is 7.75. The van der Waals surface area contributed by atoms with Gasteiger partial charge in [0, 0.05) is 12.1 Å². The molecule has 1 aromatic carbocycles. The normalized spacial score (nSPS) is 15.5. The SMILES string of the molecule is CCOc1cc[c]c(OC2CC2)c1. The highest BCUT2D eigenvalue weighted by molar-refractivity contribution is 5.32. The van der Waals surface area contributed by atoms with E-state index in [0.717, 1.165) is 11.5 Å². The minimum Gasteiger partial charge on any atom is -0.494 e. The molecule has 0 N–H and O–H groups in total. The van der Waals surface area contributed by atoms with Crippen LogP contribution >= 0.6 is 0 Å². The summed E-state index contributed by atoms with van der Waals surface area (Å²) in [7, 11) is 0. The third kappa shape index (κ3) is 2.38. The van der Waals surface area contributed by atoms with Crippen LogP contribution in [0.5, 0.6) is 11.5 Å². The maximum atomic E-state index is 5.58. The van der Waals surface area contributed by atoms with Gasteiger partial charge in [-0.1, -0.05) is 0 Å². The van der Waals surface area contributed by atoms with Gasteiger partial charge in [-0.15, -0.1) is 0 Å². The Morgan fingerprint density at radius 2 is 2.38 bits per heavy atom. The van der Waals surface area contributed by atoms with Gasteiger partial charge in [-0.25, -0.2) is 0 Å². The molecule has 0 bridgehead atoms. The average molecular weight is 177 g/mol. The quantitative estimate of drug-likeness (QED) is 0.703. The number of ether oxygens (including phenoxy) is 2. The molecule has 0 saturated heterocycles. The van der Waals surface area contributed by atoms with E-state index in [9.17, 15) is 0 Å². The van der Waals surface area contributed by atoms with Crippen LogP contribution in [0, 0.1) is 6.07 Å². The van der Waals surface area contributed by atoms with Gasteiger partial charge in [-0.05, 0) is 31.9 Å². The second kappa shape index (κ2) is 3.69. The monoisotopic (exact) mass is 177 g/mol. The summed E-state index contributed by atoms with van der Waals surface area (Å²) < 4.78 is 10.9. The first-order chi connectivity index (χ1) is 6.38. The zero-order chi connectivity index (χ0) is 9.10. The van der Waals surface area contributed by atoms with Crippen LogP contribution in [-0.4, -0.2) is 12.7 Å². The second-order valence-electron chi connectivity index (χ2n) is 3.14. The molecule has 1 aliphatic rings. The van der Waals surface area contributed by atoms with Gasteiger partial charge in [0.15, 0.2) is 0 Å². The molecule has 2 rings (SSSR count). The van der Waals surface area contributed by atoms with Crippen LogP contribution < -0.4 is 9.47 Å². The molecular formula is C11H13O2. The number of hydrogen-bond acceptors (Lipinski definition) is 2. The summed E-state index contributed by atoms with van der Waals surface area (Å²) in [5.41, 5.74) is 0. The topological polar surface area (TPSA) is 18.5 Å². The Labute approximate surface area is 78.5 Å². The van der Waals surface area contributed by atoms with Gasteiger partial charge in [0.1, 0.15) is 11.5 Å². The summed E-state index contributed by atoms with van der Waals surface area (Å²) >= 11 is 0. The molecule has 0 aliphatic heterocycles. The maximum absolute atomic E-state index is 5.58. The molecule has 1 saturated carbocycles. The van der Waals surface area contributed by atoms with Crippen LogP contribution in [-0.2, 0) is 0 Å². The lowest BCUT2D eigenvalue weighted by Crippen LogP contribution is -1.97. The number of hydrogen-bond donors (Lipinski definition) is 0. The lowest BCUT2D eigenvalue weighted by molar-refractivity contribution is 0.296. The summed E-state index contributed by atoms with van der Waals surface area (Å²) in [5.74, 6) is 1.66. The first-order valence-electron chi connectivity index (χ1n) is 4.69. The van der Waals surface area contributed by atoms with Gasteiger partial charge in [0.05, 0.1) is 12.7 Å². The number of rotatable bonds is 4. The van der Waals surface area contributed by atoms with Crippen molar-refractivity contribution in [1.82, 2.24) is 0 Å². The third-order valence-electron chi connectivity index (χ3n) is 1.88. The largest absolute Gasteiger partial charge is 0.494 e. The predicted molar refractivity (Wildman–Crippen MR) is 50.1 cm³/mol. The van der Waals surface area contributed by atoms with E-state index in [1.165, 1.54) is 12.8 Å². The fourth-order valence-electron chi connectivity index (χ4n) is 1.11. The van der Waals surface area contributed by atoms with Crippen molar-refractivity contribution in [3.05, 3.63) is 24.3 Å². The molecule has 1 aliphatic carbocycles. The smallest absolute Gasteiger partial charge is 0.131 e. The van der Waals surface area contributed by atoms with E-state index in [1.807, 2.05) is 25.1 Å². The maximum Gasteiger partial charge on any atom is 0.131 e. The van der Waals surface area contributed by atoms with E-state index in [-0.39, 0.29) is 0 Å². The summed E-state index contributed by atoms with van der Waals surface area (Å²) in [6.45, 7) is 2.66. The van der Waals surface area contributed by atoms with Crippen LogP contribution in [0.4, 0.5) is 0 Å². The molecule has 2 heteroatoms. The van der Waals surface area contributed by atoms with Gasteiger partial charge in [-0.2, -0.15) is 0 Å². The molecule has 0 atom stereocenters. The lowest BCUT2D eigenvalue weighted by Gasteiger charge is -2.06. The van der Waals surface area contributed by atoms with Crippen LogP contribution in [0.2, 0.25) is 0 Å². The molecule has 0 heterocycles. The van der Waals surface area contributed by atoms with E-state index in [1.54, 1.807) is 0 Å². The van der Waals surface area contributed by atoms with Crippen molar-refractivity contribution in [1.29, 1.82) is 0 Å². The highest BCUT2D eigenvalue weighted by Crippen LogP contribution is 2.28. The Morgan fingerprint density at radius 1 is 1.54 bits per heavy atom. The van der Waals surface area contributed by atoms with E-state index in [4.69, 9.17) is 9.47 Å². The molecule has 0 unspecified atom stereocenters. The summed E-state index contributed by atoms with van der Waals surface area (Å²) in [5, 5.41) is 0. The standard InChI is InChI=1S/C11H13O2/c1-2-12-10-4-3-5-11(8-10)13-9-6-7-9/h3-4,8-9H,2,6-7H2,1H3. The van der Waals surface area contributed by atoms with Gasteiger partial charge in [0.25, 0.3) is 0 Å². The molecule has 1 aromatic rings. The molecule has 69 valence electrons. The Kier molecular flexibility index (Phi) is 2.39. The van der Waals surface area contributed by atoms with Crippen LogP contribution in [0.3, 0.4) is 0 Å². The van der Waals surface area contributed by atoms with Crippen molar-refractivity contribution in [2.75, 3.05) is 6.61 Å². The van der Waals surface area contributed by atoms with Crippen molar-refractivity contribution in [2.45, 2.75) is 25.9 Å². The lowest BCUT2D eigenvalue weighted by atomic mass is 10.3. The Balaban J connectivity index is 2.02. The van der Waals surface area contributed by atoms with Gasteiger partial charge < -0.3 is 9.47 Å². The molecule has 0 amide bonds. The Bertz CT molecular complexity index is 279. The fraction of sp³-hybridized carbons (Fsp3) is 0.455. The summed E-state index contributed by atoms with van der Waals surface area (Å²) in [6, 6.07) is 8.66. The molecule has 2 nitrogen and oxygen atoms in total. The highest BCUT2D eigenvalue weighted by atomic mass is 16.5. The fourth-order valence-corrected chi connectivity index (χ4v) is 1.11. The van der Waals surface area contributed by atoms with Crippen molar-refractivity contribution < 1.29 is 9.47 Å². The van der Waals surface area contributed by atoms with E-state index in [0.29, 0.717) is 12.7 Å². The summed E-state index contributed by atoms with van der Waals surface area (Å²) in [4.78, 5) is 0. The van der Waals surface area contributed by atoms with Crippen LogP contribution in [0.1, 0.15) is 19.8 Å². The van der Waals surface area contributed by atoms with Crippen molar-refractivity contribution in [3.8, 4) is 11.5 Å². The Morgan fingerprint density at radius 3 is 3.08 bits per heavy atom. The first kappa shape index (κ1) is 8.42. The van der Waals surface area contributed by atoms with Crippen molar-refractivity contribution >= 4 is 0 Å². The minimum atomic E-state index is 0.424. The molecule has 0 aromatic heterocycles. The second-order valence-corrected chi connectivity index (χ2v) is 3.14. The third-order valence-corrected chi connectivity index (χ3v) is 1.88. The summed E-state index contributed by atoms with van der Waals surface area (Å²) in [6.07, 6.45) is 2.77.